The van der Waals surface area contributed by atoms with Crippen molar-refractivity contribution < 1.29 is 5.11 Å². The first kappa shape index (κ1) is 13.8. The van der Waals surface area contributed by atoms with Crippen LogP contribution in [0.25, 0.3) is 0 Å². The van der Waals surface area contributed by atoms with E-state index < -0.39 is 0 Å². The first-order valence-corrected chi connectivity index (χ1v) is 6.31. The van der Waals surface area contributed by atoms with Crippen LogP contribution in [0, 0.1) is 5.92 Å². The second-order valence-corrected chi connectivity index (χ2v) is 4.32. The van der Waals surface area contributed by atoms with Crippen molar-refractivity contribution in [2.24, 2.45) is 5.92 Å². The summed E-state index contributed by atoms with van der Waals surface area (Å²) in [5, 5.41) is 15.5. The van der Waals surface area contributed by atoms with Crippen molar-refractivity contribution in [3.63, 3.8) is 0 Å². The SMILES string of the molecule is CCNc1cc(NCCCC(C)CO)ccn1. The maximum Gasteiger partial charge on any atom is 0.127 e. The summed E-state index contributed by atoms with van der Waals surface area (Å²) in [5.41, 5.74) is 1.09. The maximum atomic E-state index is 8.91. The lowest BCUT2D eigenvalue weighted by molar-refractivity contribution is 0.229. The van der Waals surface area contributed by atoms with Gasteiger partial charge < -0.3 is 15.7 Å². The number of anilines is 2. The van der Waals surface area contributed by atoms with Crippen LogP contribution in [0.5, 0.6) is 0 Å². The summed E-state index contributed by atoms with van der Waals surface area (Å²) in [4.78, 5) is 4.21. The van der Waals surface area contributed by atoms with Crippen molar-refractivity contribution in [2.45, 2.75) is 26.7 Å². The fourth-order valence-corrected chi connectivity index (χ4v) is 1.59. The summed E-state index contributed by atoms with van der Waals surface area (Å²) < 4.78 is 0. The van der Waals surface area contributed by atoms with E-state index in [9.17, 15) is 0 Å². The molecule has 0 spiro atoms. The molecular formula is C13H23N3O. The predicted molar refractivity (Wildman–Crippen MR) is 72.4 cm³/mol. The molecule has 1 atom stereocenters. The molecule has 3 N–H and O–H groups in total. The highest BCUT2D eigenvalue weighted by Gasteiger charge is 1.99. The minimum Gasteiger partial charge on any atom is -0.396 e. The van der Waals surface area contributed by atoms with E-state index in [1.807, 2.05) is 12.1 Å². The van der Waals surface area contributed by atoms with Gasteiger partial charge in [0.2, 0.25) is 0 Å². The summed E-state index contributed by atoms with van der Waals surface area (Å²) >= 11 is 0. The predicted octanol–water partition coefficient (Wildman–Crippen LogP) is 2.33. The molecule has 1 rings (SSSR count). The van der Waals surface area contributed by atoms with Crippen LogP contribution in [0.3, 0.4) is 0 Å². The smallest absolute Gasteiger partial charge is 0.127 e. The quantitative estimate of drug-likeness (QED) is 0.607. The fourth-order valence-electron chi connectivity index (χ4n) is 1.59. The highest BCUT2D eigenvalue weighted by atomic mass is 16.3. The molecule has 0 aliphatic carbocycles. The monoisotopic (exact) mass is 237 g/mol. The van der Waals surface area contributed by atoms with E-state index in [2.05, 4.69) is 29.5 Å². The van der Waals surface area contributed by atoms with Gasteiger partial charge in [0.25, 0.3) is 0 Å². The van der Waals surface area contributed by atoms with Crippen LogP contribution >= 0.6 is 0 Å². The number of nitrogens with one attached hydrogen (secondary N) is 2. The van der Waals surface area contributed by atoms with Gasteiger partial charge >= 0.3 is 0 Å². The number of rotatable bonds is 8. The summed E-state index contributed by atoms with van der Waals surface area (Å²) in [6, 6.07) is 3.98. The first-order valence-electron chi connectivity index (χ1n) is 6.31. The third-order valence-corrected chi connectivity index (χ3v) is 2.63. The molecular weight excluding hydrogens is 214 g/mol. The Morgan fingerprint density at radius 3 is 2.94 bits per heavy atom. The molecule has 96 valence electrons. The van der Waals surface area contributed by atoms with Crippen LogP contribution in [-0.4, -0.2) is 29.8 Å². The number of hydrogen-bond donors (Lipinski definition) is 3. The standard InChI is InChI=1S/C13H23N3O/c1-3-14-13-9-12(6-8-16-13)15-7-4-5-11(2)10-17/h6,8-9,11,17H,3-5,7,10H2,1-2H3,(H2,14,15,16). The summed E-state index contributed by atoms with van der Waals surface area (Å²) in [7, 11) is 0. The molecule has 4 nitrogen and oxygen atoms in total. The lowest BCUT2D eigenvalue weighted by Crippen LogP contribution is -2.07. The minimum atomic E-state index is 0.278. The van der Waals surface area contributed by atoms with Crippen LogP contribution in [-0.2, 0) is 0 Å². The van der Waals surface area contributed by atoms with Crippen molar-refractivity contribution in [1.82, 2.24) is 4.98 Å². The topological polar surface area (TPSA) is 57.2 Å². The van der Waals surface area contributed by atoms with Gasteiger partial charge in [0.05, 0.1) is 0 Å². The molecule has 0 aliphatic rings. The molecule has 17 heavy (non-hydrogen) atoms. The Bertz CT molecular complexity index is 317. The van der Waals surface area contributed by atoms with E-state index in [1.54, 1.807) is 6.20 Å². The minimum absolute atomic E-state index is 0.278. The fraction of sp³-hybridized carbons (Fsp3) is 0.615. The number of pyridine rings is 1. The van der Waals surface area contributed by atoms with Crippen molar-refractivity contribution in [1.29, 1.82) is 0 Å². The zero-order valence-electron chi connectivity index (χ0n) is 10.7. The molecule has 0 bridgehead atoms. The van der Waals surface area contributed by atoms with Gasteiger partial charge in [-0.1, -0.05) is 6.92 Å². The van der Waals surface area contributed by atoms with E-state index in [-0.39, 0.29) is 6.61 Å². The summed E-state index contributed by atoms with van der Waals surface area (Å²) in [6.07, 6.45) is 3.92. The Labute approximate surface area is 103 Å². The molecule has 1 aromatic rings. The van der Waals surface area contributed by atoms with Gasteiger partial charge in [-0.2, -0.15) is 0 Å². The van der Waals surface area contributed by atoms with E-state index >= 15 is 0 Å². The lowest BCUT2D eigenvalue weighted by atomic mass is 10.1. The molecule has 4 heteroatoms. The molecule has 0 radical (unpaired) electrons. The Kier molecular flexibility index (Phi) is 6.40. The second-order valence-electron chi connectivity index (χ2n) is 4.32. The highest BCUT2D eigenvalue weighted by molar-refractivity contribution is 5.51. The van der Waals surface area contributed by atoms with Gasteiger partial charge in [0, 0.05) is 37.6 Å². The highest BCUT2D eigenvalue weighted by Crippen LogP contribution is 2.12. The average molecular weight is 237 g/mol. The molecule has 0 saturated heterocycles. The normalized spacial score (nSPS) is 12.2. The second kappa shape index (κ2) is 7.90. The van der Waals surface area contributed by atoms with Gasteiger partial charge in [0.1, 0.15) is 5.82 Å². The van der Waals surface area contributed by atoms with Crippen molar-refractivity contribution in [3.05, 3.63) is 18.3 Å². The zero-order chi connectivity index (χ0) is 12.5. The van der Waals surface area contributed by atoms with Crippen LogP contribution < -0.4 is 10.6 Å². The molecule has 0 aromatic carbocycles. The summed E-state index contributed by atoms with van der Waals surface area (Å²) in [5.74, 6) is 1.30. The molecule has 0 aliphatic heterocycles. The Hall–Kier alpha value is -1.29. The Balaban J connectivity index is 2.28. The van der Waals surface area contributed by atoms with E-state index in [0.29, 0.717) is 5.92 Å². The summed E-state index contributed by atoms with van der Waals surface area (Å²) in [6.45, 7) is 6.21. The number of aliphatic hydroxyl groups is 1. The zero-order valence-corrected chi connectivity index (χ0v) is 10.7. The molecule has 1 heterocycles. The molecule has 0 saturated carbocycles. The van der Waals surface area contributed by atoms with Crippen molar-refractivity contribution >= 4 is 11.5 Å². The van der Waals surface area contributed by atoms with Crippen molar-refractivity contribution in [3.8, 4) is 0 Å². The molecule has 1 aromatic heterocycles. The van der Waals surface area contributed by atoms with Crippen LogP contribution in [0.2, 0.25) is 0 Å². The first-order chi connectivity index (χ1) is 8.26. The number of aromatic nitrogens is 1. The number of nitrogens with zero attached hydrogens (tertiary/aromatic N) is 1. The third kappa shape index (κ3) is 5.54. The maximum absolute atomic E-state index is 8.91. The van der Waals surface area contributed by atoms with Crippen molar-refractivity contribution in [2.75, 3.05) is 30.3 Å². The van der Waals surface area contributed by atoms with Gasteiger partial charge in [-0.25, -0.2) is 4.98 Å². The van der Waals surface area contributed by atoms with E-state index in [4.69, 9.17) is 5.11 Å². The van der Waals surface area contributed by atoms with E-state index in [1.165, 1.54) is 0 Å². The van der Waals surface area contributed by atoms with E-state index in [0.717, 1.165) is 37.4 Å². The van der Waals surface area contributed by atoms with Gasteiger partial charge in [-0.3, -0.25) is 0 Å². The largest absolute Gasteiger partial charge is 0.396 e. The third-order valence-electron chi connectivity index (χ3n) is 2.63. The van der Waals surface area contributed by atoms with Crippen LogP contribution in [0.4, 0.5) is 11.5 Å². The number of aliphatic hydroxyl groups excluding tert-OH is 1. The lowest BCUT2D eigenvalue weighted by Gasteiger charge is -2.10. The van der Waals surface area contributed by atoms with Crippen LogP contribution in [0.15, 0.2) is 18.3 Å². The van der Waals surface area contributed by atoms with Gasteiger partial charge in [-0.05, 0) is 31.7 Å². The Morgan fingerprint density at radius 1 is 1.41 bits per heavy atom. The van der Waals surface area contributed by atoms with Gasteiger partial charge in [-0.15, -0.1) is 0 Å². The van der Waals surface area contributed by atoms with Gasteiger partial charge in [0.15, 0.2) is 0 Å². The van der Waals surface area contributed by atoms with Crippen LogP contribution in [0.1, 0.15) is 26.7 Å². The molecule has 1 unspecified atom stereocenters. The average Bonchev–Trinajstić information content (AvgIpc) is 2.35. The molecule has 0 fully saturated rings. The Morgan fingerprint density at radius 2 is 2.24 bits per heavy atom. The number of hydrogen-bond acceptors (Lipinski definition) is 4. The molecule has 0 amide bonds.